The Balaban J connectivity index is 1.49. The summed E-state index contributed by atoms with van der Waals surface area (Å²) in [4.78, 5) is 13.6. The average molecular weight is 345 g/mol. The third kappa shape index (κ3) is 2.94. The number of ether oxygens (including phenoxy) is 2. The topological polar surface area (TPSA) is 47.6 Å². The predicted octanol–water partition coefficient (Wildman–Crippen LogP) is 3.32. The highest BCUT2D eigenvalue weighted by molar-refractivity contribution is 7.99. The Kier molecular flexibility index (Phi) is 4.06. The van der Waals surface area contributed by atoms with Crippen LogP contribution < -0.4 is 14.8 Å². The van der Waals surface area contributed by atoms with Gasteiger partial charge in [0.15, 0.2) is 11.5 Å². The van der Waals surface area contributed by atoms with Crippen molar-refractivity contribution in [1.82, 2.24) is 5.32 Å². The minimum Gasteiger partial charge on any atom is -0.485 e. The molecule has 0 radical (unpaired) electrons. The quantitative estimate of drug-likeness (QED) is 0.907. The van der Waals surface area contributed by atoms with Gasteiger partial charge in [0.05, 0.1) is 6.04 Å². The summed E-state index contributed by atoms with van der Waals surface area (Å²) in [5, 5.41) is 2.98. The largest absolute Gasteiger partial charge is 0.485 e. The first kappa shape index (κ1) is 15.3. The highest BCUT2D eigenvalue weighted by atomic mass is 32.2. The molecule has 4 rings (SSSR count). The van der Waals surface area contributed by atoms with Crippen LogP contribution in [0.2, 0.25) is 0 Å². The lowest BCUT2D eigenvalue weighted by molar-refractivity contribution is -0.131. The van der Waals surface area contributed by atoms with Gasteiger partial charge in [-0.05, 0) is 42.3 Å². The smallest absolute Gasteiger partial charge is 0.265 e. The molecule has 2 atom stereocenters. The van der Waals surface area contributed by atoms with E-state index in [2.05, 4.69) is 5.32 Å². The van der Waals surface area contributed by atoms with E-state index in [1.807, 2.05) is 12.1 Å². The third-order valence-electron chi connectivity index (χ3n) is 4.13. The molecule has 1 amide bonds. The van der Waals surface area contributed by atoms with Gasteiger partial charge in [0.25, 0.3) is 5.91 Å². The van der Waals surface area contributed by atoms with Gasteiger partial charge in [-0.3, -0.25) is 4.79 Å². The van der Waals surface area contributed by atoms with Gasteiger partial charge in [-0.1, -0.05) is 12.1 Å². The van der Waals surface area contributed by atoms with Crippen molar-refractivity contribution in [1.29, 1.82) is 0 Å². The fraction of sp³-hybridized carbons (Fsp3) is 0.278. The molecule has 0 unspecified atom stereocenters. The van der Waals surface area contributed by atoms with E-state index in [4.69, 9.17) is 9.47 Å². The molecule has 0 spiro atoms. The fourth-order valence-corrected chi connectivity index (χ4v) is 4.03. The highest BCUT2D eigenvalue weighted by Gasteiger charge is 2.30. The molecule has 1 N–H and O–H groups in total. The normalized spacial score (nSPS) is 21.7. The van der Waals surface area contributed by atoms with Crippen LogP contribution in [0, 0.1) is 5.82 Å². The second-order valence-electron chi connectivity index (χ2n) is 5.74. The van der Waals surface area contributed by atoms with Crippen LogP contribution in [-0.2, 0) is 4.79 Å². The number of carbonyl (C=O) groups is 1. The standard InChI is InChI=1S/C18H16FNO3S/c19-11-5-6-17-12(9-11)13(7-8-24-17)20-18(21)16-10-22-14-3-1-2-4-15(14)23-16/h1-6,9,13,16H,7-8,10H2,(H,20,21)/t13-,16+/m1/s1. The lowest BCUT2D eigenvalue weighted by Gasteiger charge is -2.30. The van der Waals surface area contributed by atoms with Gasteiger partial charge in [-0.2, -0.15) is 0 Å². The highest BCUT2D eigenvalue weighted by Crippen LogP contribution is 2.37. The Morgan fingerprint density at radius 1 is 1.21 bits per heavy atom. The van der Waals surface area contributed by atoms with E-state index in [1.165, 1.54) is 12.1 Å². The molecule has 0 fully saturated rings. The number of carbonyl (C=O) groups excluding carboxylic acids is 1. The van der Waals surface area contributed by atoms with E-state index < -0.39 is 6.10 Å². The lowest BCUT2D eigenvalue weighted by Crippen LogP contribution is -2.45. The van der Waals surface area contributed by atoms with Crippen molar-refractivity contribution in [3.63, 3.8) is 0 Å². The molecule has 0 aromatic heterocycles. The van der Waals surface area contributed by atoms with Crippen molar-refractivity contribution in [2.75, 3.05) is 12.4 Å². The van der Waals surface area contributed by atoms with Crippen LogP contribution in [0.5, 0.6) is 11.5 Å². The Hall–Kier alpha value is -2.21. The maximum absolute atomic E-state index is 13.6. The van der Waals surface area contributed by atoms with Crippen LogP contribution in [-0.4, -0.2) is 24.4 Å². The van der Waals surface area contributed by atoms with E-state index >= 15 is 0 Å². The Labute approximate surface area is 143 Å². The number of benzene rings is 2. The predicted molar refractivity (Wildman–Crippen MR) is 89.0 cm³/mol. The zero-order chi connectivity index (χ0) is 16.5. The van der Waals surface area contributed by atoms with E-state index in [0.717, 1.165) is 22.6 Å². The van der Waals surface area contributed by atoms with Crippen molar-refractivity contribution in [3.8, 4) is 11.5 Å². The number of rotatable bonds is 2. The minimum absolute atomic E-state index is 0.167. The number of hydrogen-bond acceptors (Lipinski definition) is 4. The van der Waals surface area contributed by atoms with Crippen molar-refractivity contribution in [2.45, 2.75) is 23.5 Å². The number of thioether (sulfide) groups is 1. The summed E-state index contributed by atoms with van der Waals surface area (Å²) in [6.45, 7) is 0.167. The number of halogens is 1. The van der Waals surface area contributed by atoms with Crippen LogP contribution in [0.4, 0.5) is 4.39 Å². The lowest BCUT2D eigenvalue weighted by atomic mass is 10.0. The van der Waals surface area contributed by atoms with Crippen LogP contribution in [0.15, 0.2) is 47.4 Å². The van der Waals surface area contributed by atoms with Gasteiger partial charge in [-0.15, -0.1) is 11.8 Å². The number of amides is 1. The summed E-state index contributed by atoms with van der Waals surface area (Å²) < 4.78 is 24.9. The number of nitrogens with one attached hydrogen (secondary N) is 1. The van der Waals surface area contributed by atoms with Crippen LogP contribution in [0.3, 0.4) is 0 Å². The summed E-state index contributed by atoms with van der Waals surface area (Å²) in [7, 11) is 0. The summed E-state index contributed by atoms with van der Waals surface area (Å²) in [5.41, 5.74) is 0.830. The van der Waals surface area contributed by atoms with Gasteiger partial charge in [0, 0.05) is 10.6 Å². The first-order valence-corrected chi connectivity index (χ1v) is 8.80. The average Bonchev–Trinajstić information content (AvgIpc) is 2.62. The number of fused-ring (bicyclic) bond motifs is 2. The maximum Gasteiger partial charge on any atom is 0.265 e. The van der Waals surface area contributed by atoms with Gasteiger partial charge in [0.1, 0.15) is 12.4 Å². The maximum atomic E-state index is 13.6. The summed E-state index contributed by atoms with van der Waals surface area (Å²) in [5.74, 6) is 1.56. The van der Waals surface area contributed by atoms with Gasteiger partial charge in [0.2, 0.25) is 6.10 Å². The van der Waals surface area contributed by atoms with Crippen molar-refractivity contribution < 1.29 is 18.7 Å². The van der Waals surface area contributed by atoms with Crippen LogP contribution in [0.1, 0.15) is 18.0 Å². The van der Waals surface area contributed by atoms with Crippen LogP contribution >= 0.6 is 11.8 Å². The number of para-hydroxylation sites is 2. The second kappa shape index (κ2) is 6.36. The van der Waals surface area contributed by atoms with E-state index in [9.17, 15) is 9.18 Å². The molecule has 0 saturated heterocycles. The number of hydrogen-bond donors (Lipinski definition) is 1. The molecule has 124 valence electrons. The molecule has 2 aromatic carbocycles. The van der Waals surface area contributed by atoms with E-state index in [1.54, 1.807) is 30.0 Å². The molecule has 0 bridgehead atoms. The zero-order valence-corrected chi connectivity index (χ0v) is 13.6. The zero-order valence-electron chi connectivity index (χ0n) is 12.8. The molecule has 0 aliphatic carbocycles. The SMILES string of the molecule is O=C(N[C@@H]1CCSc2ccc(F)cc21)[C@@H]1COc2ccccc2O1. The van der Waals surface area contributed by atoms with E-state index in [-0.39, 0.29) is 24.4 Å². The van der Waals surface area contributed by atoms with Crippen molar-refractivity contribution in [2.24, 2.45) is 0 Å². The Bertz CT molecular complexity index is 783. The molecule has 2 aliphatic heterocycles. The van der Waals surface area contributed by atoms with Crippen molar-refractivity contribution >= 4 is 17.7 Å². The van der Waals surface area contributed by atoms with Gasteiger partial charge >= 0.3 is 0 Å². The fourth-order valence-electron chi connectivity index (χ4n) is 2.93. The molecule has 2 aliphatic rings. The first-order chi connectivity index (χ1) is 11.7. The van der Waals surface area contributed by atoms with Crippen LogP contribution in [0.25, 0.3) is 0 Å². The third-order valence-corrected chi connectivity index (χ3v) is 5.25. The first-order valence-electron chi connectivity index (χ1n) is 7.82. The van der Waals surface area contributed by atoms with E-state index in [0.29, 0.717) is 11.5 Å². The molecule has 4 nitrogen and oxygen atoms in total. The molecule has 2 aromatic rings. The second-order valence-corrected chi connectivity index (χ2v) is 6.88. The Morgan fingerprint density at radius 2 is 2.04 bits per heavy atom. The van der Waals surface area contributed by atoms with Gasteiger partial charge < -0.3 is 14.8 Å². The molecule has 24 heavy (non-hydrogen) atoms. The monoisotopic (exact) mass is 345 g/mol. The Morgan fingerprint density at radius 3 is 2.92 bits per heavy atom. The molecular formula is C18H16FNO3S. The summed E-state index contributed by atoms with van der Waals surface area (Å²) in [6.07, 6.45) is 0.0586. The summed E-state index contributed by atoms with van der Waals surface area (Å²) >= 11 is 1.68. The molecule has 0 saturated carbocycles. The molecule has 6 heteroatoms. The minimum atomic E-state index is -0.702. The van der Waals surface area contributed by atoms with Gasteiger partial charge in [-0.25, -0.2) is 4.39 Å². The molecular weight excluding hydrogens is 329 g/mol. The molecule has 2 heterocycles. The van der Waals surface area contributed by atoms with Crippen molar-refractivity contribution in [3.05, 3.63) is 53.8 Å². The summed E-state index contributed by atoms with van der Waals surface area (Å²) in [6, 6.07) is 11.8.